The molecule has 0 fully saturated rings. The Morgan fingerprint density at radius 2 is 2.10 bits per heavy atom. The van der Waals surface area contributed by atoms with E-state index < -0.39 is 10.0 Å². The van der Waals surface area contributed by atoms with Crippen LogP contribution < -0.4 is 10.5 Å². The molecule has 0 aliphatic heterocycles. The normalized spacial score (nSPS) is 11.7. The Labute approximate surface area is 126 Å². The molecule has 5 nitrogen and oxygen atoms in total. The maximum absolute atomic E-state index is 11.9. The number of benzene rings is 1. The largest absolute Gasteiger partial charge is 0.375 e. The number of anilines is 1. The highest BCUT2D eigenvalue weighted by Crippen LogP contribution is 2.17. The zero-order valence-electron chi connectivity index (χ0n) is 10.5. The van der Waals surface area contributed by atoms with E-state index in [4.69, 9.17) is 17.3 Å². The van der Waals surface area contributed by atoms with Crippen molar-refractivity contribution in [3.8, 4) is 0 Å². The molecule has 0 atom stereocenters. The number of aromatic nitrogens is 1. The van der Waals surface area contributed by atoms with Crippen LogP contribution in [-0.2, 0) is 22.2 Å². The maximum atomic E-state index is 11.9. The third kappa shape index (κ3) is 4.45. The van der Waals surface area contributed by atoms with Crippen LogP contribution in [0.4, 0.5) is 5.13 Å². The lowest BCUT2D eigenvalue weighted by Crippen LogP contribution is -2.27. The Balaban J connectivity index is 1.90. The van der Waals surface area contributed by atoms with Crippen molar-refractivity contribution in [3.05, 3.63) is 45.9 Å². The van der Waals surface area contributed by atoms with Gasteiger partial charge in [-0.15, -0.1) is 11.3 Å². The van der Waals surface area contributed by atoms with Crippen LogP contribution in [0.3, 0.4) is 0 Å². The summed E-state index contributed by atoms with van der Waals surface area (Å²) in [5, 5.41) is 2.75. The molecule has 0 aliphatic carbocycles. The number of nitrogens with two attached hydrogens (primary N) is 1. The minimum Gasteiger partial charge on any atom is -0.375 e. The Kier molecular flexibility index (Phi) is 4.98. The first kappa shape index (κ1) is 15.2. The van der Waals surface area contributed by atoms with Crippen molar-refractivity contribution < 1.29 is 8.42 Å². The molecule has 3 N–H and O–H groups in total. The number of hydrogen-bond donors (Lipinski definition) is 2. The number of sulfonamides is 1. The van der Waals surface area contributed by atoms with Crippen LogP contribution in [0.1, 0.15) is 11.3 Å². The second kappa shape index (κ2) is 6.53. The van der Waals surface area contributed by atoms with Gasteiger partial charge >= 0.3 is 0 Å². The van der Waals surface area contributed by atoms with Crippen molar-refractivity contribution >= 4 is 38.1 Å². The highest BCUT2D eigenvalue weighted by molar-refractivity contribution is 7.88. The van der Waals surface area contributed by atoms with Gasteiger partial charge in [-0.25, -0.2) is 18.1 Å². The topological polar surface area (TPSA) is 85.1 Å². The fourth-order valence-electron chi connectivity index (χ4n) is 1.64. The van der Waals surface area contributed by atoms with Crippen LogP contribution in [-0.4, -0.2) is 19.9 Å². The first-order valence-corrected chi connectivity index (χ1v) is 8.78. The van der Waals surface area contributed by atoms with E-state index in [0.717, 1.165) is 5.69 Å². The van der Waals surface area contributed by atoms with Gasteiger partial charge in [0.15, 0.2) is 5.13 Å². The van der Waals surface area contributed by atoms with Gasteiger partial charge in [-0.1, -0.05) is 29.8 Å². The van der Waals surface area contributed by atoms with Gasteiger partial charge in [0, 0.05) is 23.4 Å². The molecule has 0 spiro atoms. The number of nitrogens with one attached hydrogen (secondary N) is 1. The van der Waals surface area contributed by atoms with E-state index in [0.29, 0.717) is 22.1 Å². The summed E-state index contributed by atoms with van der Waals surface area (Å²) < 4.78 is 26.4. The average Bonchev–Trinajstić information content (AvgIpc) is 2.77. The molecule has 1 aromatic carbocycles. The van der Waals surface area contributed by atoms with Crippen molar-refractivity contribution in [2.45, 2.75) is 12.2 Å². The van der Waals surface area contributed by atoms with Crippen molar-refractivity contribution in [2.24, 2.45) is 0 Å². The molecule has 1 aromatic heterocycles. The number of halogens is 1. The fraction of sp³-hybridized carbons (Fsp3) is 0.250. The lowest BCUT2D eigenvalue weighted by molar-refractivity contribution is 0.580. The van der Waals surface area contributed by atoms with E-state index >= 15 is 0 Å². The summed E-state index contributed by atoms with van der Waals surface area (Å²) in [7, 11) is -3.41. The van der Waals surface area contributed by atoms with Crippen LogP contribution in [0, 0.1) is 0 Å². The highest BCUT2D eigenvalue weighted by Gasteiger charge is 2.13. The van der Waals surface area contributed by atoms with Gasteiger partial charge in [0.25, 0.3) is 0 Å². The van der Waals surface area contributed by atoms with E-state index in [-0.39, 0.29) is 12.3 Å². The zero-order valence-corrected chi connectivity index (χ0v) is 12.9. The van der Waals surface area contributed by atoms with E-state index in [1.54, 1.807) is 24.3 Å². The first-order chi connectivity index (χ1) is 9.46. The van der Waals surface area contributed by atoms with Gasteiger partial charge < -0.3 is 5.73 Å². The van der Waals surface area contributed by atoms with Crippen molar-refractivity contribution in [2.75, 3.05) is 12.3 Å². The van der Waals surface area contributed by atoms with Gasteiger partial charge in [-0.05, 0) is 11.6 Å². The summed E-state index contributed by atoms with van der Waals surface area (Å²) in [6, 6.07) is 6.89. The molecule has 0 unspecified atom stereocenters. The number of nitrogen functional groups attached to an aromatic ring is 1. The van der Waals surface area contributed by atoms with E-state index in [9.17, 15) is 8.42 Å². The second-order valence-electron chi connectivity index (χ2n) is 4.17. The number of nitrogens with zero attached hydrogens (tertiary/aromatic N) is 1. The summed E-state index contributed by atoms with van der Waals surface area (Å²) in [6.07, 6.45) is 0.509. The molecule has 0 aliphatic rings. The maximum Gasteiger partial charge on any atom is 0.215 e. The highest BCUT2D eigenvalue weighted by atomic mass is 35.5. The first-order valence-electron chi connectivity index (χ1n) is 5.87. The van der Waals surface area contributed by atoms with Crippen molar-refractivity contribution in [1.29, 1.82) is 0 Å². The molecule has 1 heterocycles. The quantitative estimate of drug-likeness (QED) is 0.848. The van der Waals surface area contributed by atoms with Crippen LogP contribution in [0.15, 0.2) is 29.6 Å². The molecule has 0 bridgehead atoms. The lowest BCUT2D eigenvalue weighted by Gasteiger charge is -2.07. The molecule has 2 rings (SSSR count). The van der Waals surface area contributed by atoms with Gasteiger partial charge in [0.1, 0.15) is 0 Å². The van der Waals surface area contributed by atoms with Crippen LogP contribution in [0.25, 0.3) is 0 Å². The third-order valence-corrected chi connectivity index (χ3v) is 5.00. The summed E-state index contributed by atoms with van der Waals surface area (Å²) >= 11 is 7.29. The third-order valence-electron chi connectivity index (χ3n) is 2.58. The summed E-state index contributed by atoms with van der Waals surface area (Å²) in [5.74, 6) is -0.133. The minimum atomic E-state index is -3.41. The van der Waals surface area contributed by atoms with E-state index in [2.05, 4.69) is 9.71 Å². The standard InChI is InChI=1S/C12H14ClN3O2S2/c13-11-4-2-1-3-9(11)8-20(17,18)15-6-5-10-7-19-12(14)16-10/h1-4,7,15H,5-6,8H2,(H2,14,16). The van der Waals surface area contributed by atoms with Crippen LogP contribution >= 0.6 is 22.9 Å². The summed E-state index contributed by atoms with van der Waals surface area (Å²) in [4.78, 5) is 4.07. The molecule has 2 aromatic rings. The Morgan fingerprint density at radius 1 is 1.35 bits per heavy atom. The molecule has 20 heavy (non-hydrogen) atoms. The van der Waals surface area contributed by atoms with Crippen LogP contribution in [0.2, 0.25) is 5.02 Å². The minimum absolute atomic E-state index is 0.133. The van der Waals surface area contributed by atoms with E-state index in [1.165, 1.54) is 11.3 Å². The fourth-order valence-corrected chi connectivity index (χ4v) is 3.70. The molecule has 0 saturated carbocycles. The smallest absolute Gasteiger partial charge is 0.215 e. The van der Waals surface area contributed by atoms with Gasteiger partial charge in [0.2, 0.25) is 10.0 Å². The van der Waals surface area contributed by atoms with Crippen LogP contribution in [0.5, 0.6) is 0 Å². The number of rotatable bonds is 6. The molecular formula is C12H14ClN3O2S2. The molecule has 0 amide bonds. The SMILES string of the molecule is Nc1nc(CCNS(=O)(=O)Cc2ccccc2Cl)cs1. The molecule has 8 heteroatoms. The summed E-state index contributed by atoms with van der Waals surface area (Å²) in [5.41, 5.74) is 6.88. The summed E-state index contributed by atoms with van der Waals surface area (Å²) in [6.45, 7) is 0.288. The molecule has 108 valence electrons. The predicted molar refractivity (Wildman–Crippen MR) is 82.3 cm³/mol. The lowest BCUT2D eigenvalue weighted by atomic mass is 10.2. The van der Waals surface area contributed by atoms with Crippen molar-refractivity contribution in [3.63, 3.8) is 0 Å². The number of hydrogen-bond acceptors (Lipinski definition) is 5. The van der Waals surface area contributed by atoms with Crippen molar-refractivity contribution in [1.82, 2.24) is 9.71 Å². The molecule has 0 saturated heterocycles. The van der Waals surface area contributed by atoms with E-state index in [1.807, 2.05) is 5.38 Å². The Morgan fingerprint density at radius 3 is 2.75 bits per heavy atom. The van der Waals surface area contributed by atoms with Gasteiger partial charge in [0.05, 0.1) is 11.4 Å². The van der Waals surface area contributed by atoms with Gasteiger partial charge in [-0.2, -0.15) is 0 Å². The predicted octanol–water partition coefficient (Wildman–Crippen LogP) is 2.04. The Hall–Kier alpha value is -1.15. The average molecular weight is 332 g/mol. The second-order valence-corrected chi connectivity index (χ2v) is 7.28. The van der Waals surface area contributed by atoms with Gasteiger partial charge in [-0.3, -0.25) is 0 Å². The monoisotopic (exact) mass is 331 g/mol. The molecular weight excluding hydrogens is 318 g/mol. The molecule has 0 radical (unpaired) electrons. The number of thiazole rings is 1. The Bertz CT molecular complexity index is 686. The zero-order chi connectivity index (χ0) is 14.6.